The fourth-order valence-electron chi connectivity index (χ4n) is 7.58. The Bertz CT molecular complexity index is 937. The Balaban J connectivity index is 1.23. The van der Waals surface area contributed by atoms with Crippen molar-refractivity contribution >= 4 is 12.0 Å². The highest BCUT2D eigenvalue weighted by Crippen LogP contribution is 2.67. The number of nitrogens with one attached hydrogen (secondary N) is 2. The van der Waals surface area contributed by atoms with Crippen LogP contribution < -0.4 is 10.6 Å². The molecule has 5 aliphatic carbocycles. The summed E-state index contributed by atoms with van der Waals surface area (Å²) in [6.07, 6.45) is 8.34. The molecule has 5 nitrogen and oxygen atoms in total. The Labute approximate surface area is 204 Å². The van der Waals surface area contributed by atoms with Gasteiger partial charge in [-0.25, -0.2) is 4.79 Å². The van der Waals surface area contributed by atoms with Crippen LogP contribution in [0.5, 0.6) is 0 Å². The topological polar surface area (TPSA) is 67.4 Å². The van der Waals surface area contributed by atoms with E-state index in [9.17, 15) is 9.59 Å². The van der Waals surface area contributed by atoms with Crippen LogP contribution in [0.3, 0.4) is 0 Å². The van der Waals surface area contributed by atoms with Gasteiger partial charge in [-0.3, -0.25) is 4.79 Å². The number of carbonyl (C=O) groups is 2. The van der Waals surface area contributed by atoms with Gasteiger partial charge in [-0.2, -0.15) is 0 Å². The molecule has 5 fully saturated rings. The van der Waals surface area contributed by atoms with Gasteiger partial charge < -0.3 is 15.4 Å². The lowest BCUT2D eigenvalue weighted by Crippen LogP contribution is -2.60. The Kier molecular flexibility index (Phi) is 5.81. The number of hydrogen-bond acceptors (Lipinski definition) is 3. The number of hydrogen-bond donors (Lipinski definition) is 2. The van der Waals surface area contributed by atoms with Gasteiger partial charge >= 0.3 is 6.09 Å². The van der Waals surface area contributed by atoms with E-state index < -0.39 is 5.60 Å². The van der Waals surface area contributed by atoms with Crippen molar-refractivity contribution in [3.8, 4) is 0 Å². The molecule has 0 radical (unpaired) electrons. The highest BCUT2D eigenvalue weighted by atomic mass is 16.6. The summed E-state index contributed by atoms with van der Waals surface area (Å²) in [5.74, 6) is 1.18. The van der Waals surface area contributed by atoms with Gasteiger partial charge in [0.25, 0.3) is 0 Å². The van der Waals surface area contributed by atoms with Crippen LogP contribution in [0.15, 0.2) is 42.5 Å². The molecule has 34 heavy (non-hydrogen) atoms. The summed E-state index contributed by atoms with van der Waals surface area (Å²) in [4.78, 5) is 25.9. The lowest BCUT2D eigenvalue weighted by atomic mass is 9.41. The molecule has 0 spiro atoms. The van der Waals surface area contributed by atoms with Gasteiger partial charge in [0.05, 0.1) is 5.41 Å². The molecule has 0 aromatic heterocycles. The van der Waals surface area contributed by atoms with Crippen LogP contribution >= 0.6 is 0 Å². The lowest BCUT2D eigenvalue weighted by molar-refractivity contribution is -0.145. The summed E-state index contributed by atoms with van der Waals surface area (Å²) in [6.45, 7) is 10.1. The summed E-state index contributed by atoms with van der Waals surface area (Å²) in [5, 5.41) is 6.46. The zero-order valence-corrected chi connectivity index (χ0v) is 21.0. The molecular formula is C29H40N2O3. The first-order chi connectivity index (χ1) is 16.1. The Morgan fingerprint density at radius 3 is 2.03 bits per heavy atom. The van der Waals surface area contributed by atoms with E-state index in [-0.39, 0.29) is 34.9 Å². The standard InChI is InChI=1S/C29H40N2O3/c1-19-20-14-28(22-8-6-5-7-9-22)15-21(19)17-29(16-20,18-28)25(32)30-23-10-12-24(13-11-23)31-26(33)34-27(2,3)4/h5-9,20-21,23-24H,1,10-18H2,2-4H3,(H,30,32)(H,31,33)/t20?,21?,23-,24-,28?,29?. The Hall–Kier alpha value is -2.30. The summed E-state index contributed by atoms with van der Waals surface area (Å²) in [7, 11) is 0. The van der Waals surface area contributed by atoms with Crippen molar-refractivity contribution in [2.45, 2.75) is 102 Å². The zero-order valence-electron chi connectivity index (χ0n) is 21.0. The summed E-state index contributed by atoms with van der Waals surface area (Å²) in [5.41, 5.74) is 2.15. The second-order valence-electron chi connectivity index (χ2n) is 12.6. The second kappa shape index (κ2) is 8.42. The molecule has 6 rings (SSSR count). The van der Waals surface area contributed by atoms with Gasteiger partial charge in [0.1, 0.15) is 5.60 Å². The lowest BCUT2D eigenvalue weighted by Gasteiger charge is -2.62. The van der Waals surface area contributed by atoms with Crippen LogP contribution in [0.4, 0.5) is 4.79 Å². The highest BCUT2D eigenvalue weighted by molar-refractivity contribution is 5.84. The quantitative estimate of drug-likeness (QED) is 0.567. The maximum absolute atomic E-state index is 13.8. The molecule has 0 aliphatic heterocycles. The highest BCUT2D eigenvalue weighted by Gasteiger charge is 2.62. The predicted octanol–water partition coefficient (Wildman–Crippen LogP) is 5.64. The number of ether oxygens (including phenoxy) is 1. The fraction of sp³-hybridized carbons (Fsp3) is 0.655. The van der Waals surface area contributed by atoms with Gasteiger partial charge in [-0.1, -0.05) is 42.5 Å². The molecule has 4 bridgehead atoms. The molecular weight excluding hydrogens is 424 g/mol. The molecule has 2 N–H and O–H groups in total. The number of allylic oxidation sites excluding steroid dienone is 1. The van der Waals surface area contributed by atoms with E-state index in [4.69, 9.17) is 4.74 Å². The third-order valence-electron chi connectivity index (χ3n) is 8.93. The molecule has 2 atom stereocenters. The van der Waals surface area contributed by atoms with E-state index in [1.54, 1.807) is 0 Å². The fourth-order valence-corrected chi connectivity index (χ4v) is 7.58. The minimum Gasteiger partial charge on any atom is -0.444 e. The Morgan fingerprint density at radius 2 is 1.47 bits per heavy atom. The van der Waals surface area contributed by atoms with E-state index in [0.717, 1.165) is 57.8 Å². The second-order valence-corrected chi connectivity index (χ2v) is 12.6. The third kappa shape index (κ3) is 4.38. The monoisotopic (exact) mass is 464 g/mol. The molecule has 1 aromatic rings. The summed E-state index contributed by atoms with van der Waals surface area (Å²) in [6, 6.07) is 11.2. The predicted molar refractivity (Wildman–Crippen MR) is 133 cm³/mol. The van der Waals surface area contributed by atoms with E-state index in [0.29, 0.717) is 11.8 Å². The molecule has 1 aromatic carbocycles. The smallest absolute Gasteiger partial charge is 0.407 e. The first kappa shape index (κ1) is 23.4. The van der Waals surface area contributed by atoms with Gasteiger partial charge in [0.2, 0.25) is 5.91 Å². The molecule has 5 saturated carbocycles. The first-order valence-corrected chi connectivity index (χ1v) is 13.1. The molecule has 2 unspecified atom stereocenters. The molecule has 5 aliphatic rings. The normalized spacial score (nSPS) is 36.7. The average Bonchev–Trinajstić information content (AvgIpc) is 2.77. The number of amides is 2. The largest absolute Gasteiger partial charge is 0.444 e. The molecule has 5 heteroatoms. The van der Waals surface area contributed by atoms with Crippen LogP contribution in [0, 0.1) is 17.3 Å². The van der Waals surface area contributed by atoms with Crippen molar-refractivity contribution in [3.05, 3.63) is 48.0 Å². The molecule has 2 amide bonds. The van der Waals surface area contributed by atoms with Gasteiger partial charge in [0, 0.05) is 12.1 Å². The molecule has 0 heterocycles. The van der Waals surface area contributed by atoms with Crippen molar-refractivity contribution < 1.29 is 14.3 Å². The average molecular weight is 465 g/mol. The molecule has 0 saturated heterocycles. The maximum Gasteiger partial charge on any atom is 0.407 e. The number of carbonyl (C=O) groups excluding carboxylic acids is 2. The summed E-state index contributed by atoms with van der Waals surface area (Å²) >= 11 is 0. The number of benzene rings is 1. The zero-order chi connectivity index (χ0) is 24.1. The van der Waals surface area contributed by atoms with Crippen molar-refractivity contribution in [3.63, 3.8) is 0 Å². The number of alkyl carbamates (subject to hydrolysis) is 1. The third-order valence-corrected chi connectivity index (χ3v) is 8.93. The van der Waals surface area contributed by atoms with Gasteiger partial charge in [-0.15, -0.1) is 0 Å². The van der Waals surface area contributed by atoms with Crippen molar-refractivity contribution in [2.75, 3.05) is 0 Å². The van der Waals surface area contributed by atoms with E-state index >= 15 is 0 Å². The minimum absolute atomic E-state index is 0.112. The SMILES string of the molecule is C=C1C2CC3(C(=O)N[C@H]4CC[C@H](NC(=O)OC(C)(C)C)CC4)CC1CC(c1ccccc1)(C2)C3. The van der Waals surface area contributed by atoms with Crippen molar-refractivity contribution in [1.29, 1.82) is 0 Å². The molecule has 184 valence electrons. The van der Waals surface area contributed by atoms with E-state index in [1.807, 2.05) is 20.8 Å². The minimum atomic E-state index is -0.491. The first-order valence-electron chi connectivity index (χ1n) is 13.1. The van der Waals surface area contributed by atoms with E-state index in [1.165, 1.54) is 11.1 Å². The maximum atomic E-state index is 13.8. The van der Waals surface area contributed by atoms with Crippen LogP contribution in [-0.4, -0.2) is 29.7 Å². The van der Waals surface area contributed by atoms with Crippen molar-refractivity contribution in [2.24, 2.45) is 17.3 Å². The van der Waals surface area contributed by atoms with Crippen molar-refractivity contribution in [1.82, 2.24) is 10.6 Å². The number of rotatable bonds is 4. The van der Waals surface area contributed by atoms with Crippen LogP contribution in [0.2, 0.25) is 0 Å². The Morgan fingerprint density at radius 1 is 0.912 bits per heavy atom. The van der Waals surface area contributed by atoms with Crippen LogP contribution in [0.25, 0.3) is 0 Å². The summed E-state index contributed by atoms with van der Waals surface area (Å²) < 4.78 is 5.40. The van der Waals surface area contributed by atoms with Crippen LogP contribution in [-0.2, 0) is 14.9 Å². The van der Waals surface area contributed by atoms with Crippen LogP contribution in [0.1, 0.15) is 84.1 Å². The van der Waals surface area contributed by atoms with Gasteiger partial charge in [0.15, 0.2) is 0 Å². The van der Waals surface area contributed by atoms with Gasteiger partial charge in [-0.05, 0) is 101 Å². The van der Waals surface area contributed by atoms with E-state index in [2.05, 4.69) is 47.5 Å².